The van der Waals surface area contributed by atoms with Crippen molar-refractivity contribution < 1.29 is 13.9 Å². The Hall–Kier alpha value is -1.18. The summed E-state index contributed by atoms with van der Waals surface area (Å²) in [5.74, 6) is -1.38. The molecule has 1 aromatic rings. The van der Waals surface area contributed by atoms with Gasteiger partial charge in [0.1, 0.15) is 5.82 Å². The number of anilines is 1. The summed E-state index contributed by atoms with van der Waals surface area (Å²) in [5, 5.41) is 3.10. The van der Waals surface area contributed by atoms with Gasteiger partial charge in [0, 0.05) is 24.1 Å². The van der Waals surface area contributed by atoms with Crippen LogP contribution in [-0.2, 0) is 4.74 Å². The van der Waals surface area contributed by atoms with E-state index in [9.17, 15) is 9.18 Å². The minimum Gasteiger partial charge on any atom is -0.384 e. The Bertz CT molecular complexity index is 522. The lowest BCUT2D eigenvalue weighted by molar-refractivity contribution is 0.0373. The van der Waals surface area contributed by atoms with Gasteiger partial charge in [-0.3, -0.25) is 9.69 Å². The molecule has 1 aliphatic rings. The molecule has 1 fully saturated rings. The van der Waals surface area contributed by atoms with Crippen LogP contribution in [0, 0.1) is 5.82 Å². The average Bonchev–Trinajstić information content (AvgIpc) is 2.46. The van der Waals surface area contributed by atoms with Crippen molar-refractivity contribution in [3.8, 4) is 0 Å². The summed E-state index contributed by atoms with van der Waals surface area (Å²) in [6.07, 6.45) is 1.97. The van der Waals surface area contributed by atoms with Crippen LogP contribution in [0.2, 0.25) is 0 Å². The van der Waals surface area contributed by atoms with Crippen LogP contribution < -0.4 is 11.1 Å². The molecule has 122 valence electrons. The number of hydrogen-bond donors (Lipinski definition) is 2. The van der Waals surface area contributed by atoms with Crippen molar-refractivity contribution in [1.29, 1.82) is 0 Å². The van der Waals surface area contributed by atoms with Crippen LogP contribution in [0.1, 0.15) is 23.2 Å². The molecule has 3 N–H and O–H groups in total. The zero-order valence-electron chi connectivity index (χ0n) is 12.4. The van der Waals surface area contributed by atoms with E-state index in [0.717, 1.165) is 45.7 Å². The Morgan fingerprint density at radius 1 is 1.36 bits per heavy atom. The van der Waals surface area contributed by atoms with Crippen molar-refractivity contribution in [1.82, 2.24) is 4.90 Å². The first-order chi connectivity index (χ1) is 10.6. The highest BCUT2D eigenvalue weighted by atomic mass is 79.9. The maximum atomic E-state index is 13.8. The van der Waals surface area contributed by atoms with Crippen LogP contribution in [0.15, 0.2) is 16.6 Å². The monoisotopic (exact) mass is 373 g/mol. The highest BCUT2D eigenvalue weighted by Crippen LogP contribution is 2.24. The molecule has 0 atom stereocenters. The average molecular weight is 374 g/mol. The molecular formula is C15H21BrFN3O2. The Morgan fingerprint density at radius 2 is 2.09 bits per heavy atom. The van der Waals surface area contributed by atoms with Crippen LogP contribution in [-0.4, -0.2) is 50.2 Å². The number of nitrogens with one attached hydrogen (secondary N) is 1. The molecule has 0 radical (unpaired) electrons. The first-order valence-electron chi connectivity index (χ1n) is 7.41. The van der Waals surface area contributed by atoms with E-state index in [1.807, 2.05) is 0 Å². The standard InChI is InChI=1S/C15H21BrFN3O2/c16-11-9-12(17)14(15(18)21)13(10-11)19-3-1-2-4-20-5-7-22-8-6-20/h9-10,19H,1-8H2,(H2,18,21). The summed E-state index contributed by atoms with van der Waals surface area (Å²) >= 11 is 3.22. The van der Waals surface area contributed by atoms with Crippen LogP contribution in [0.4, 0.5) is 10.1 Å². The van der Waals surface area contributed by atoms with Gasteiger partial charge in [0.05, 0.1) is 24.5 Å². The molecule has 1 saturated heterocycles. The highest BCUT2D eigenvalue weighted by molar-refractivity contribution is 9.10. The Kier molecular flexibility index (Phi) is 6.60. The number of ether oxygens (including phenoxy) is 1. The lowest BCUT2D eigenvalue weighted by Gasteiger charge is -2.26. The molecule has 1 aliphatic heterocycles. The minimum absolute atomic E-state index is 0.0867. The molecule has 2 rings (SSSR count). The van der Waals surface area contributed by atoms with E-state index in [1.54, 1.807) is 6.07 Å². The van der Waals surface area contributed by atoms with Gasteiger partial charge in [0.2, 0.25) is 0 Å². The number of benzene rings is 1. The van der Waals surface area contributed by atoms with Crippen LogP contribution >= 0.6 is 15.9 Å². The number of primary amides is 1. The van der Waals surface area contributed by atoms with Gasteiger partial charge < -0.3 is 15.8 Å². The van der Waals surface area contributed by atoms with E-state index < -0.39 is 11.7 Å². The topological polar surface area (TPSA) is 67.6 Å². The third kappa shape index (κ3) is 4.93. The second-order valence-electron chi connectivity index (χ2n) is 5.26. The van der Waals surface area contributed by atoms with E-state index in [4.69, 9.17) is 10.5 Å². The molecule has 0 aromatic heterocycles. The fraction of sp³-hybridized carbons (Fsp3) is 0.533. The predicted molar refractivity (Wildman–Crippen MR) is 87.6 cm³/mol. The number of unbranched alkanes of at least 4 members (excludes halogenated alkanes) is 1. The number of morpholine rings is 1. The fourth-order valence-electron chi connectivity index (χ4n) is 2.47. The van der Waals surface area contributed by atoms with E-state index in [1.165, 1.54) is 6.07 Å². The number of rotatable bonds is 7. The van der Waals surface area contributed by atoms with Crippen LogP contribution in [0.25, 0.3) is 0 Å². The SMILES string of the molecule is NC(=O)c1c(F)cc(Br)cc1NCCCCN1CCOCC1. The third-order valence-corrected chi connectivity index (χ3v) is 4.08. The van der Waals surface area contributed by atoms with Gasteiger partial charge >= 0.3 is 0 Å². The lowest BCUT2D eigenvalue weighted by Crippen LogP contribution is -2.36. The maximum Gasteiger partial charge on any atom is 0.253 e. The van der Waals surface area contributed by atoms with Gasteiger partial charge in [-0.2, -0.15) is 0 Å². The molecule has 0 aliphatic carbocycles. The highest BCUT2D eigenvalue weighted by Gasteiger charge is 2.15. The lowest BCUT2D eigenvalue weighted by atomic mass is 10.1. The van der Waals surface area contributed by atoms with Crippen molar-refractivity contribution in [2.24, 2.45) is 5.73 Å². The Morgan fingerprint density at radius 3 is 2.77 bits per heavy atom. The largest absolute Gasteiger partial charge is 0.384 e. The zero-order chi connectivity index (χ0) is 15.9. The smallest absolute Gasteiger partial charge is 0.253 e. The summed E-state index contributed by atoms with van der Waals surface area (Å²) in [7, 11) is 0. The summed E-state index contributed by atoms with van der Waals surface area (Å²) in [4.78, 5) is 13.7. The molecule has 5 nitrogen and oxygen atoms in total. The second kappa shape index (κ2) is 8.45. The minimum atomic E-state index is -0.763. The molecule has 0 unspecified atom stereocenters. The summed E-state index contributed by atoms with van der Waals surface area (Å²) < 4.78 is 19.7. The molecule has 22 heavy (non-hydrogen) atoms. The molecule has 0 bridgehead atoms. The quantitative estimate of drug-likeness (QED) is 0.719. The van der Waals surface area contributed by atoms with Gasteiger partial charge in [-0.05, 0) is 31.5 Å². The normalized spacial score (nSPS) is 15.7. The second-order valence-corrected chi connectivity index (χ2v) is 6.18. The van der Waals surface area contributed by atoms with Gasteiger partial charge in [0.15, 0.2) is 0 Å². The Labute approximate surface area is 138 Å². The van der Waals surface area contributed by atoms with Crippen molar-refractivity contribution in [3.05, 3.63) is 28.0 Å². The number of nitrogens with two attached hydrogens (primary N) is 1. The fourth-order valence-corrected chi connectivity index (χ4v) is 2.90. The molecule has 1 amide bonds. The van der Waals surface area contributed by atoms with E-state index in [2.05, 4.69) is 26.1 Å². The summed E-state index contributed by atoms with van der Waals surface area (Å²) in [6.45, 7) is 5.27. The first kappa shape index (κ1) is 17.2. The van der Waals surface area contributed by atoms with Crippen molar-refractivity contribution in [3.63, 3.8) is 0 Å². The predicted octanol–water partition coefficient (Wildman–Crippen LogP) is 2.21. The molecule has 1 heterocycles. The molecule has 1 aromatic carbocycles. The van der Waals surface area contributed by atoms with Crippen molar-refractivity contribution in [2.45, 2.75) is 12.8 Å². The number of carbonyl (C=O) groups excluding carboxylic acids is 1. The molecule has 0 spiro atoms. The van der Waals surface area contributed by atoms with Gasteiger partial charge in [0.25, 0.3) is 5.91 Å². The number of halogens is 2. The van der Waals surface area contributed by atoms with Crippen molar-refractivity contribution >= 4 is 27.5 Å². The number of carbonyl (C=O) groups is 1. The van der Waals surface area contributed by atoms with Crippen LogP contribution in [0.3, 0.4) is 0 Å². The summed E-state index contributed by atoms with van der Waals surface area (Å²) in [6, 6.07) is 2.91. The van der Waals surface area contributed by atoms with Crippen molar-refractivity contribution in [2.75, 3.05) is 44.7 Å². The molecule has 7 heteroatoms. The maximum absolute atomic E-state index is 13.8. The Balaban J connectivity index is 1.80. The van der Waals surface area contributed by atoms with Gasteiger partial charge in [-0.1, -0.05) is 15.9 Å². The first-order valence-corrected chi connectivity index (χ1v) is 8.20. The van der Waals surface area contributed by atoms with Gasteiger partial charge in [-0.25, -0.2) is 4.39 Å². The van der Waals surface area contributed by atoms with E-state index in [0.29, 0.717) is 16.7 Å². The number of nitrogens with zero attached hydrogens (tertiary/aromatic N) is 1. The molecular weight excluding hydrogens is 353 g/mol. The third-order valence-electron chi connectivity index (χ3n) is 3.62. The van der Waals surface area contributed by atoms with E-state index >= 15 is 0 Å². The number of amides is 1. The van der Waals surface area contributed by atoms with E-state index in [-0.39, 0.29) is 5.56 Å². The van der Waals surface area contributed by atoms with Gasteiger partial charge in [-0.15, -0.1) is 0 Å². The number of hydrogen-bond acceptors (Lipinski definition) is 4. The molecule has 0 saturated carbocycles. The van der Waals surface area contributed by atoms with Crippen LogP contribution in [0.5, 0.6) is 0 Å². The zero-order valence-corrected chi connectivity index (χ0v) is 14.0. The summed E-state index contributed by atoms with van der Waals surface area (Å²) in [5.41, 5.74) is 5.59.